The molecule has 1 amide bonds. The van der Waals surface area contributed by atoms with Crippen LogP contribution in [0.3, 0.4) is 0 Å². The molecule has 0 aliphatic carbocycles. The summed E-state index contributed by atoms with van der Waals surface area (Å²) in [4.78, 5) is 22.1. The maximum atomic E-state index is 11.1. The monoisotopic (exact) mass is 182 g/mol. The molecule has 2 N–H and O–H groups in total. The summed E-state index contributed by atoms with van der Waals surface area (Å²) in [6.45, 7) is 0. The fourth-order valence-corrected chi connectivity index (χ4v) is 0.970. The average Bonchev–Trinajstić information content (AvgIpc) is 2.10. The molecule has 0 spiro atoms. The molecule has 5 heteroatoms. The first kappa shape index (κ1) is 9.31. The van der Waals surface area contributed by atoms with Gasteiger partial charge >= 0.3 is 0 Å². The van der Waals surface area contributed by atoms with Crippen LogP contribution in [0.15, 0.2) is 17.1 Å². The molecule has 0 aromatic carbocycles. The van der Waals surface area contributed by atoms with Gasteiger partial charge in [-0.05, 0) is 0 Å². The number of amides is 1. The van der Waals surface area contributed by atoms with Crippen LogP contribution in [0.25, 0.3) is 0 Å². The minimum absolute atomic E-state index is 0.213. The maximum Gasteiger partial charge on any atom is 0.267 e. The second-order valence-corrected chi connectivity index (χ2v) is 2.60. The lowest BCUT2D eigenvalue weighted by atomic mass is 10.3. The van der Waals surface area contributed by atoms with E-state index in [9.17, 15) is 9.59 Å². The Balaban J connectivity index is 3.32. The van der Waals surface area contributed by atoms with Crippen LogP contribution in [0.2, 0.25) is 0 Å². The van der Waals surface area contributed by atoms with Crippen molar-refractivity contribution in [3.05, 3.63) is 28.2 Å². The topological polar surface area (TPSA) is 71.3 Å². The third-order valence-electron chi connectivity index (χ3n) is 1.68. The summed E-state index contributed by atoms with van der Waals surface area (Å²) in [6, 6.07) is 1.09. The Hall–Kier alpha value is -1.78. The summed E-state index contributed by atoms with van der Waals surface area (Å²) >= 11 is 0. The van der Waals surface area contributed by atoms with Crippen molar-refractivity contribution in [2.45, 2.75) is 0 Å². The van der Waals surface area contributed by atoms with E-state index >= 15 is 0 Å². The van der Waals surface area contributed by atoms with Gasteiger partial charge in [0.15, 0.2) is 5.75 Å². The lowest BCUT2D eigenvalue weighted by Crippen LogP contribution is -2.24. The van der Waals surface area contributed by atoms with Crippen LogP contribution >= 0.6 is 0 Å². The second-order valence-electron chi connectivity index (χ2n) is 2.60. The Morgan fingerprint density at radius 3 is 2.77 bits per heavy atom. The highest BCUT2D eigenvalue weighted by Crippen LogP contribution is 2.02. The first-order valence-electron chi connectivity index (χ1n) is 3.68. The van der Waals surface area contributed by atoms with E-state index in [1.165, 1.54) is 17.8 Å². The average molecular weight is 182 g/mol. The molecule has 0 saturated heterocycles. The zero-order valence-electron chi connectivity index (χ0n) is 7.37. The fourth-order valence-electron chi connectivity index (χ4n) is 0.970. The predicted molar refractivity (Wildman–Crippen MR) is 46.7 cm³/mol. The lowest BCUT2D eigenvalue weighted by molar-refractivity contribution is 0.0954. The van der Waals surface area contributed by atoms with Crippen LogP contribution in [0.4, 0.5) is 0 Å². The molecule has 0 fully saturated rings. The number of carbonyl (C=O) groups excluding carboxylic acids is 1. The molecule has 0 atom stereocenters. The van der Waals surface area contributed by atoms with E-state index < -0.39 is 5.43 Å². The molecule has 1 aromatic heterocycles. The number of aryl methyl sites for hydroxylation is 1. The van der Waals surface area contributed by atoms with Gasteiger partial charge in [0.05, 0.1) is 6.20 Å². The van der Waals surface area contributed by atoms with Crippen LogP contribution in [0, 0.1) is 0 Å². The highest BCUT2D eigenvalue weighted by molar-refractivity contribution is 5.92. The summed E-state index contributed by atoms with van der Waals surface area (Å²) in [5.74, 6) is -0.727. The standard InChI is InChI=1S/C8H10N2O3/c1-9-8(13)5-3-6(11)7(12)4-10(5)2/h3-4,12H,1-2H3,(H,9,13). The van der Waals surface area contributed by atoms with Crippen molar-refractivity contribution in [2.24, 2.45) is 7.05 Å². The first-order valence-corrected chi connectivity index (χ1v) is 3.68. The van der Waals surface area contributed by atoms with Crippen molar-refractivity contribution < 1.29 is 9.90 Å². The first-order chi connectivity index (χ1) is 6.06. The van der Waals surface area contributed by atoms with Gasteiger partial charge in [0, 0.05) is 20.2 Å². The van der Waals surface area contributed by atoms with Crippen molar-refractivity contribution in [1.82, 2.24) is 9.88 Å². The van der Waals surface area contributed by atoms with Gasteiger partial charge in [-0.2, -0.15) is 0 Å². The van der Waals surface area contributed by atoms with Crippen molar-refractivity contribution in [1.29, 1.82) is 0 Å². The number of pyridine rings is 1. The van der Waals surface area contributed by atoms with E-state index in [1.54, 1.807) is 7.05 Å². The van der Waals surface area contributed by atoms with Crippen LogP contribution < -0.4 is 10.7 Å². The Kier molecular flexibility index (Phi) is 2.36. The molecule has 0 saturated carbocycles. The maximum absolute atomic E-state index is 11.1. The predicted octanol–water partition coefficient (Wildman–Crippen LogP) is -0.550. The van der Waals surface area contributed by atoms with Crippen molar-refractivity contribution in [3.8, 4) is 5.75 Å². The van der Waals surface area contributed by atoms with Gasteiger partial charge in [-0.3, -0.25) is 9.59 Å². The van der Waals surface area contributed by atoms with Crippen LogP contribution in [-0.4, -0.2) is 22.6 Å². The van der Waals surface area contributed by atoms with E-state index in [1.807, 2.05) is 0 Å². The minimum Gasteiger partial charge on any atom is -0.503 e. The van der Waals surface area contributed by atoms with Gasteiger partial charge in [-0.15, -0.1) is 0 Å². The zero-order chi connectivity index (χ0) is 10.0. The molecule has 0 radical (unpaired) electrons. The SMILES string of the molecule is CNC(=O)c1cc(=O)c(O)cn1C. The number of aromatic nitrogens is 1. The van der Waals surface area contributed by atoms with E-state index in [0.29, 0.717) is 0 Å². The largest absolute Gasteiger partial charge is 0.503 e. The lowest BCUT2D eigenvalue weighted by Gasteiger charge is -2.06. The van der Waals surface area contributed by atoms with Gasteiger partial charge in [0.2, 0.25) is 5.43 Å². The molecule has 5 nitrogen and oxygen atoms in total. The zero-order valence-corrected chi connectivity index (χ0v) is 7.37. The van der Waals surface area contributed by atoms with Gasteiger partial charge < -0.3 is 15.0 Å². The number of hydrogen-bond donors (Lipinski definition) is 2. The van der Waals surface area contributed by atoms with E-state index in [2.05, 4.69) is 5.32 Å². The smallest absolute Gasteiger partial charge is 0.267 e. The molecular formula is C8H10N2O3. The number of hydrogen-bond acceptors (Lipinski definition) is 3. The quantitative estimate of drug-likeness (QED) is 0.612. The van der Waals surface area contributed by atoms with Gasteiger partial charge in [-0.1, -0.05) is 0 Å². The third-order valence-corrected chi connectivity index (χ3v) is 1.68. The third kappa shape index (κ3) is 1.69. The van der Waals surface area contributed by atoms with Gasteiger partial charge in [0.25, 0.3) is 5.91 Å². The molecule has 1 rings (SSSR count). The molecule has 0 aliphatic heterocycles. The second kappa shape index (κ2) is 3.30. The summed E-state index contributed by atoms with van der Waals surface area (Å²) in [7, 11) is 3.05. The van der Waals surface area contributed by atoms with Gasteiger partial charge in [-0.25, -0.2) is 0 Å². The fraction of sp³-hybridized carbons (Fsp3) is 0.250. The van der Waals surface area contributed by atoms with Crippen LogP contribution in [0.5, 0.6) is 5.75 Å². The van der Waals surface area contributed by atoms with E-state index in [0.717, 1.165) is 6.07 Å². The summed E-state index contributed by atoms with van der Waals surface area (Å²) in [5.41, 5.74) is -0.345. The van der Waals surface area contributed by atoms with E-state index in [-0.39, 0.29) is 17.4 Å². The Morgan fingerprint density at radius 2 is 2.23 bits per heavy atom. The normalized spacial score (nSPS) is 9.69. The molecule has 70 valence electrons. The summed E-state index contributed by atoms with van der Waals surface area (Å²) in [5, 5.41) is 11.4. The number of nitrogens with one attached hydrogen (secondary N) is 1. The molecule has 13 heavy (non-hydrogen) atoms. The highest BCUT2D eigenvalue weighted by atomic mass is 16.3. The van der Waals surface area contributed by atoms with Crippen molar-refractivity contribution >= 4 is 5.91 Å². The molecule has 0 bridgehead atoms. The molecule has 0 unspecified atom stereocenters. The van der Waals surface area contributed by atoms with Gasteiger partial charge in [0.1, 0.15) is 5.69 Å². The summed E-state index contributed by atoms with van der Waals surface area (Å²) in [6.07, 6.45) is 1.20. The number of rotatable bonds is 1. The van der Waals surface area contributed by atoms with Crippen molar-refractivity contribution in [3.63, 3.8) is 0 Å². The molecule has 1 heterocycles. The Labute approximate surface area is 74.6 Å². The number of carbonyl (C=O) groups is 1. The Bertz CT molecular complexity index is 395. The highest BCUT2D eigenvalue weighted by Gasteiger charge is 2.08. The number of nitrogens with zero attached hydrogens (tertiary/aromatic N) is 1. The molecule has 1 aromatic rings. The minimum atomic E-state index is -0.559. The Morgan fingerprint density at radius 1 is 1.62 bits per heavy atom. The summed E-state index contributed by atoms with van der Waals surface area (Å²) < 4.78 is 1.38. The molecular weight excluding hydrogens is 172 g/mol. The van der Waals surface area contributed by atoms with Crippen LogP contribution in [0.1, 0.15) is 10.5 Å². The van der Waals surface area contributed by atoms with Crippen molar-refractivity contribution in [2.75, 3.05) is 7.05 Å². The number of aromatic hydroxyl groups is 1. The molecule has 0 aliphatic rings. The van der Waals surface area contributed by atoms with E-state index in [4.69, 9.17) is 5.11 Å². The van der Waals surface area contributed by atoms with Crippen LogP contribution in [-0.2, 0) is 7.05 Å².